The third-order valence-electron chi connectivity index (χ3n) is 2.68. The molecule has 0 spiro atoms. The van der Waals surface area contributed by atoms with E-state index in [1.165, 1.54) is 23.5 Å². The number of hydrogen-bond donors (Lipinski definition) is 0. The third-order valence-corrected chi connectivity index (χ3v) is 2.68. The van der Waals surface area contributed by atoms with Crippen molar-refractivity contribution in [1.29, 1.82) is 0 Å². The van der Waals surface area contributed by atoms with Crippen LogP contribution in [-0.4, -0.2) is 34.7 Å². The van der Waals surface area contributed by atoms with Crippen LogP contribution in [0.2, 0.25) is 0 Å². The average Bonchev–Trinajstić information content (AvgIpc) is 2.15. The summed E-state index contributed by atoms with van der Waals surface area (Å²) < 4.78 is 4.33. The minimum absolute atomic E-state index is 1.34. The highest BCUT2D eigenvalue weighted by atomic mass is 15.0. The molecule has 0 aliphatic heterocycles. The SMILES string of the molecule is CC(C)=[N+](C)[C-](C)C.CC(C)=[N+](C)[C-](C)C. The van der Waals surface area contributed by atoms with Crippen molar-refractivity contribution in [1.82, 2.24) is 0 Å². The van der Waals surface area contributed by atoms with Crippen molar-refractivity contribution < 1.29 is 9.15 Å². The molecule has 2 nitrogen and oxygen atoms in total. The summed E-state index contributed by atoms with van der Waals surface area (Å²) in [4.78, 5) is 0. The van der Waals surface area contributed by atoms with Gasteiger partial charge in [-0.3, -0.25) is 0 Å². The highest BCUT2D eigenvalue weighted by molar-refractivity contribution is 5.74. The van der Waals surface area contributed by atoms with Crippen molar-refractivity contribution in [3.8, 4) is 0 Å². The average molecular weight is 226 g/mol. The topological polar surface area (TPSA) is 6.02 Å². The van der Waals surface area contributed by atoms with E-state index < -0.39 is 0 Å². The smallest absolute Gasteiger partial charge is 0.105 e. The maximum Gasteiger partial charge on any atom is 0.105 e. The highest BCUT2D eigenvalue weighted by Crippen LogP contribution is 1.95. The normalized spacial score (nSPS) is 8.62. The zero-order valence-electron chi connectivity index (χ0n) is 12.9. The van der Waals surface area contributed by atoms with Gasteiger partial charge in [0.05, 0.1) is 0 Å². The Kier molecular flexibility index (Phi) is 9.02. The predicted octanol–water partition coefficient (Wildman–Crippen LogP) is 3.36. The minimum atomic E-state index is 1.34. The minimum Gasteiger partial charge on any atom is -0.367 e. The van der Waals surface area contributed by atoms with Crippen LogP contribution in [0.1, 0.15) is 55.4 Å². The lowest BCUT2D eigenvalue weighted by atomic mass is 10.3. The molecule has 0 N–H and O–H groups in total. The van der Waals surface area contributed by atoms with Crippen LogP contribution in [0.25, 0.3) is 0 Å². The molecule has 0 aromatic heterocycles. The summed E-state index contributed by atoms with van der Waals surface area (Å²) in [7, 11) is 4.15. The van der Waals surface area contributed by atoms with Crippen molar-refractivity contribution in [2.75, 3.05) is 14.1 Å². The van der Waals surface area contributed by atoms with Gasteiger partial charge in [0.25, 0.3) is 0 Å². The summed E-state index contributed by atoms with van der Waals surface area (Å²) in [6.07, 6.45) is 0. The van der Waals surface area contributed by atoms with Gasteiger partial charge in [0.15, 0.2) is 0 Å². The maximum atomic E-state index is 2.17. The van der Waals surface area contributed by atoms with Crippen LogP contribution >= 0.6 is 0 Å². The van der Waals surface area contributed by atoms with Gasteiger partial charge in [-0.05, 0) is 0 Å². The van der Waals surface area contributed by atoms with Gasteiger partial charge in [0.2, 0.25) is 0 Å². The van der Waals surface area contributed by atoms with Crippen molar-refractivity contribution >= 4 is 11.4 Å². The first-order chi connectivity index (χ1) is 7.11. The Morgan fingerprint density at radius 3 is 0.812 bits per heavy atom. The molecule has 0 aromatic carbocycles. The Labute approximate surface area is 103 Å². The Hall–Kier alpha value is -0.920. The summed E-state index contributed by atoms with van der Waals surface area (Å²) in [5.74, 6) is 0. The fourth-order valence-electron chi connectivity index (χ4n) is 0.894. The highest BCUT2D eigenvalue weighted by Gasteiger charge is 1.92. The van der Waals surface area contributed by atoms with E-state index in [4.69, 9.17) is 0 Å². The molecule has 0 amide bonds. The lowest BCUT2D eigenvalue weighted by molar-refractivity contribution is -0.480. The van der Waals surface area contributed by atoms with Gasteiger partial charge in [-0.2, -0.15) is 0 Å². The van der Waals surface area contributed by atoms with E-state index in [0.29, 0.717) is 0 Å². The van der Waals surface area contributed by atoms with Crippen molar-refractivity contribution in [3.05, 3.63) is 12.1 Å². The molecule has 96 valence electrons. The van der Waals surface area contributed by atoms with Crippen LogP contribution in [-0.2, 0) is 0 Å². The quantitative estimate of drug-likeness (QED) is 0.387. The summed E-state index contributed by atoms with van der Waals surface area (Å²) in [6, 6.07) is 2.68. The zero-order valence-corrected chi connectivity index (χ0v) is 12.9. The van der Waals surface area contributed by atoms with Gasteiger partial charge in [-0.25, -0.2) is 0 Å². The summed E-state index contributed by atoms with van der Waals surface area (Å²) in [5.41, 5.74) is 2.68. The summed E-state index contributed by atoms with van der Waals surface area (Å²) in [6.45, 7) is 16.8. The van der Waals surface area contributed by atoms with Gasteiger partial charge < -0.3 is 9.15 Å². The summed E-state index contributed by atoms with van der Waals surface area (Å²) in [5, 5.41) is 0. The van der Waals surface area contributed by atoms with Crippen molar-refractivity contribution in [3.63, 3.8) is 0 Å². The van der Waals surface area contributed by atoms with Crippen molar-refractivity contribution in [2.24, 2.45) is 0 Å². The van der Waals surface area contributed by atoms with Crippen molar-refractivity contribution in [2.45, 2.75) is 55.4 Å². The molecule has 0 fully saturated rings. The molecule has 0 atom stereocenters. The zero-order chi connectivity index (χ0) is 13.5. The predicted molar refractivity (Wildman–Crippen MR) is 74.3 cm³/mol. The molecule has 2 heteroatoms. The van der Waals surface area contributed by atoms with Gasteiger partial charge in [0.1, 0.15) is 14.1 Å². The maximum absolute atomic E-state index is 2.17. The second-order valence-corrected chi connectivity index (χ2v) is 4.91. The summed E-state index contributed by atoms with van der Waals surface area (Å²) >= 11 is 0. The fourth-order valence-corrected chi connectivity index (χ4v) is 0.894. The number of nitrogens with zero attached hydrogens (tertiary/aromatic N) is 2. The second-order valence-electron chi connectivity index (χ2n) is 4.91. The Balaban J connectivity index is 0. The number of rotatable bonds is 2. The molecule has 0 aliphatic rings. The van der Waals surface area contributed by atoms with Gasteiger partial charge >= 0.3 is 0 Å². The molecule has 0 heterocycles. The Morgan fingerprint density at radius 1 is 0.625 bits per heavy atom. The molecule has 0 saturated heterocycles. The lowest BCUT2D eigenvalue weighted by Gasteiger charge is -2.11. The Bertz CT molecular complexity index is 222. The molecule has 0 radical (unpaired) electrons. The van der Waals surface area contributed by atoms with E-state index in [1.807, 2.05) is 0 Å². The van der Waals surface area contributed by atoms with Gasteiger partial charge in [-0.1, -0.05) is 55.4 Å². The van der Waals surface area contributed by atoms with E-state index in [-0.39, 0.29) is 0 Å². The van der Waals surface area contributed by atoms with E-state index in [0.717, 1.165) is 0 Å². The largest absolute Gasteiger partial charge is 0.367 e. The molecular weight excluding hydrogens is 196 g/mol. The van der Waals surface area contributed by atoms with Crippen LogP contribution in [0.4, 0.5) is 0 Å². The van der Waals surface area contributed by atoms with Crippen LogP contribution < -0.4 is 0 Å². The lowest BCUT2D eigenvalue weighted by Crippen LogP contribution is -2.13. The monoisotopic (exact) mass is 226 g/mol. The standard InChI is InChI=1S/2C7H15N/c2*1-6(2)8(5)7(3)4/h2*1-5H3. The van der Waals surface area contributed by atoms with Gasteiger partial charge in [-0.15, -0.1) is 0 Å². The van der Waals surface area contributed by atoms with Crippen LogP contribution in [0.15, 0.2) is 0 Å². The number of hydrogen-bond acceptors (Lipinski definition) is 0. The van der Waals surface area contributed by atoms with Crippen LogP contribution in [0, 0.1) is 12.1 Å². The molecule has 0 aromatic rings. The molecule has 0 bridgehead atoms. The van der Waals surface area contributed by atoms with Gasteiger partial charge in [0, 0.05) is 23.5 Å². The molecule has 16 heavy (non-hydrogen) atoms. The first kappa shape index (κ1) is 17.5. The molecule has 0 rings (SSSR count). The molecule has 0 unspecified atom stereocenters. The third kappa shape index (κ3) is 8.39. The second kappa shape index (κ2) is 8.26. The Morgan fingerprint density at radius 2 is 0.812 bits per heavy atom. The van der Waals surface area contributed by atoms with E-state index in [9.17, 15) is 0 Å². The first-order valence-electron chi connectivity index (χ1n) is 5.79. The van der Waals surface area contributed by atoms with E-state index in [2.05, 4.69) is 78.6 Å². The van der Waals surface area contributed by atoms with E-state index in [1.54, 1.807) is 0 Å². The van der Waals surface area contributed by atoms with Crippen LogP contribution in [0.3, 0.4) is 0 Å². The molecular formula is C14H30N2. The molecule has 0 saturated carbocycles. The molecule has 0 aliphatic carbocycles. The van der Waals surface area contributed by atoms with E-state index >= 15 is 0 Å². The fraction of sp³-hybridized carbons (Fsp3) is 0.714. The van der Waals surface area contributed by atoms with Crippen LogP contribution in [0.5, 0.6) is 0 Å². The first-order valence-corrected chi connectivity index (χ1v) is 5.79.